The SMILES string of the molecule is C1=C(COC2OOOOC23CCCCC3)CCCC1. The van der Waals surface area contributed by atoms with Crippen LogP contribution in [0.25, 0.3) is 0 Å². The van der Waals surface area contributed by atoms with Crippen molar-refractivity contribution in [3.05, 3.63) is 11.6 Å². The summed E-state index contributed by atoms with van der Waals surface area (Å²) in [5.74, 6) is 0. The Bertz CT molecular complexity index is 314. The highest BCUT2D eigenvalue weighted by atomic mass is 17.7. The summed E-state index contributed by atoms with van der Waals surface area (Å²) in [4.78, 5) is 10.5. The van der Waals surface area contributed by atoms with Gasteiger partial charge in [0.25, 0.3) is 0 Å². The summed E-state index contributed by atoms with van der Waals surface area (Å²) >= 11 is 0. The van der Waals surface area contributed by atoms with Crippen LogP contribution in [0.1, 0.15) is 57.8 Å². The van der Waals surface area contributed by atoms with Gasteiger partial charge >= 0.3 is 0 Å². The van der Waals surface area contributed by atoms with E-state index in [4.69, 9.17) is 14.5 Å². The van der Waals surface area contributed by atoms with Gasteiger partial charge in [-0.05, 0) is 54.2 Å². The van der Waals surface area contributed by atoms with Crippen LogP contribution in [0.2, 0.25) is 0 Å². The minimum Gasteiger partial charge on any atom is -0.343 e. The predicted octanol–water partition coefficient (Wildman–Crippen LogP) is 3.36. The minimum absolute atomic E-state index is 0.494. The quantitative estimate of drug-likeness (QED) is 0.581. The third-order valence-corrected chi connectivity index (χ3v) is 4.29. The summed E-state index contributed by atoms with van der Waals surface area (Å²) in [7, 11) is 0. The molecule has 0 N–H and O–H groups in total. The Hall–Kier alpha value is -0.460. The highest BCUT2D eigenvalue weighted by Crippen LogP contribution is 2.39. The second kappa shape index (κ2) is 6.33. The summed E-state index contributed by atoms with van der Waals surface area (Å²) in [6.45, 7) is 0.596. The zero-order valence-electron chi connectivity index (χ0n) is 11.3. The Morgan fingerprint density at radius 3 is 2.79 bits per heavy atom. The second-order valence-corrected chi connectivity index (χ2v) is 5.69. The molecule has 0 bridgehead atoms. The fraction of sp³-hybridized carbons (Fsp3) is 0.857. The molecule has 1 unspecified atom stereocenters. The Balaban J connectivity index is 1.58. The molecule has 108 valence electrons. The van der Waals surface area contributed by atoms with Gasteiger partial charge < -0.3 is 4.74 Å². The zero-order chi connectivity index (χ0) is 13.0. The monoisotopic (exact) mass is 270 g/mol. The van der Waals surface area contributed by atoms with Crippen molar-refractivity contribution in [1.29, 1.82) is 0 Å². The van der Waals surface area contributed by atoms with Crippen molar-refractivity contribution in [2.75, 3.05) is 6.61 Å². The van der Waals surface area contributed by atoms with Gasteiger partial charge in [-0.2, -0.15) is 9.78 Å². The summed E-state index contributed by atoms with van der Waals surface area (Å²) < 4.78 is 5.90. The van der Waals surface area contributed by atoms with Crippen LogP contribution in [-0.2, 0) is 24.6 Å². The molecule has 0 aromatic heterocycles. The number of hydrogen-bond donors (Lipinski definition) is 0. The smallest absolute Gasteiger partial charge is 0.227 e. The molecule has 1 spiro atoms. The van der Waals surface area contributed by atoms with Gasteiger partial charge in [0.05, 0.1) is 6.61 Å². The van der Waals surface area contributed by atoms with Gasteiger partial charge in [0.1, 0.15) is 0 Å². The number of ether oxygens (including phenoxy) is 1. The topological polar surface area (TPSA) is 46.2 Å². The van der Waals surface area contributed by atoms with Crippen LogP contribution in [-0.4, -0.2) is 18.5 Å². The maximum atomic E-state index is 5.90. The number of rotatable bonds is 3. The zero-order valence-corrected chi connectivity index (χ0v) is 11.3. The molecule has 0 radical (unpaired) electrons. The molecule has 2 aliphatic carbocycles. The van der Waals surface area contributed by atoms with Crippen LogP contribution in [0.3, 0.4) is 0 Å². The normalized spacial score (nSPS) is 31.2. The molecule has 0 aromatic carbocycles. The van der Waals surface area contributed by atoms with Crippen LogP contribution in [0.4, 0.5) is 0 Å². The lowest BCUT2D eigenvalue weighted by molar-refractivity contribution is -0.720. The van der Waals surface area contributed by atoms with Gasteiger partial charge in [0.2, 0.25) is 6.29 Å². The molecule has 1 heterocycles. The highest BCUT2D eigenvalue weighted by molar-refractivity contribution is 5.05. The Labute approximate surface area is 113 Å². The van der Waals surface area contributed by atoms with Crippen LogP contribution in [0.15, 0.2) is 11.6 Å². The average molecular weight is 270 g/mol. The predicted molar refractivity (Wildman–Crippen MR) is 66.4 cm³/mol. The lowest BCUT2D eigenvalue weighted by Crippen LogP contribution is -2.52. The van der Waals surface area contributed by atoms with E-state index < -0.39 is 11.9 Å². The molecule has 5 heteroatoms. The summed E-state index contributed by atoms with van der Waals surface area (Å²) in [5, 5.41) is 9.05. The van der Waals surface area contributed by atoms with Gasteiger partial charge in [0.15, 0.2) is 5.60 Å². The Morgan fingerprint density at radius 1 is 1.11 bits per heavy atom. The standard InChI is InChI=1S/C14H22O5/c1-3-7-12(8-4-1)11-15-13-14(17-19-18-16-13)9-5-2-6-10-14/h7,13H,1-6,8-11H2. The largest absolute Gasteiger partial charge is 0.343 e. The molecule has 1 atom stereocenters. The highest BCUT2D eigenvalue weighted by Gasteiger charge is 2.48. The molecule has 1 aliphatic heterocycles. The Kier molecular flexibility index (Phi) is 4.50. The van der Waals surface area contributed by atoms with Crippen LogP contribution < -0.4 is 0 Å². The van der Waals surface area contributed by atoms with Gasteiger partial charge in [-0.15, -0.1) is 0 Å². The van der Waals surface area contributed by atoms with Crippen molar-refractivity contribution in [3.8, 4) is 0 Å². The number of allylic oxidation sites excluding steroid dienone is 1. The summed E-state index contributed by atoms with van der Waals surface area (Å²) in [5.41, 5.74) is 0.860. The molecule has 3 aliphatic rings. The summed E-state index contributed by atoms with van der Waals surface area (Å²) in [6.07, 6.45) is 11.8. The molecular weight excluding hydrogens is 248 g/mol. The van der Waals surface area contributed by atoms with Gasteiger partial charge in [-0.1, -0.05) is 25.3 Å². The molecule has 2 fully saturated rings. The lowest BCUT2D eigenvalue weighted by Gasteiger charge is -2.41. The summed E-state index contributed by atoms with van der Waals surface area (Å²) in [6, 6.07) is 0. The van der Waals surface area contributed by atoms with Gasteiger partial charge in [-0.3, -0.25) is 0 Å². The fourth-order valence-corrected chi connectivity index (χ4v) is 3.13. The van der Waals surface area contributed by atoms with E-state index in [0.29, 0.717) is 6.61 Å². The third-order valence-electron chi connectivity index (χ3n) is 4.29. The van der Waals surface area contributed by atoms with E-state index in [0.717, 1.165) is 38.5 Å². The molecule has 3 rings (SSSR count). The van der Waals surface area contributed by atoms with E-state index in [2.05, 4.69) is 16.2 Å². The van der Waals surface area contributed by atoms with Crippen molar-refractivity contribution in [3.63, 3.8) is 0 Å². The van der Waals surface area contributed by atoms with E-state index in [-0.39, 0.29) is 0 Å². The van der Waals surface area contributed by atoms with Crippen molar-refractivity contribution in [2.24, 2.45) is 0 Å². The van der Waals surface area contributed by atoms with Crippen molar-refractivity contribution in [1.82, 2.24) is 0 Å². The van der Waals surface area contributed by atoms with Crippen LogP contribution in [0, 0.1) is 0 Å². The van der Waals surface area contributed by atoms with Crippen molar-refractivity contribution in [2.45, 2.75) is 69.7 Å². The van der Waals surface area contributed by atoms with E-state index in [1.54, 1.807) is 0 Å². The van der Waals surface area contributed by atoms with Gasteiger partial charge in [-0.25, -0.2) is 0 Å². The molecule has 0 amide bonds. The van der Waals surface area contributed by atoms with E-state index >= 15 is 0 Å². The maximum absolute atomic E-state index is 5.90. The first kappa shape index (κ1) is 13.5. The second-order valence-electron chi connectivity index (χ2n) is 5.69. The van der Waals surface area contributed by atoms with Crippen molar-refractivity contribution >= 4 is 0 Å². The molecular formula is C14H22O5. The minimum atomic E-state index is -0.496. The average Bonchev–Trinajstić information content (AvgIpc) is 2.48. The first-order chi connectivity index (χ1) is 9.39. The first-order valence-corrected chi connectivity index (χ1v) is 7.36. The fourth-order valence-electron chi connectivity index (χ4n) is 3.13. The maximum Gasteiger partial charge on any atom is 0.227 e. The van der Waals surface area contributed by atoms with E-state index in [1.807, 2.05) is 0 Å². The lowest BCUT2D eigenvalue weighted by atomic mass is 9.84. The van der Waals surface area contributed by atoms with Gasteiger partial charge in [0, 0.05) is 0 Å². The first-order valence-electron chi connectivity index (χ1n) is 7.36. The third kappa shape index (κ3) is 3.17. The number of hydrogen-bond acceptors (Lipinski definition) is 5. The molecule has 0 aromatic rings. The Morgan fingerprint density at radius 2 is 2.00 bits per heavy atom. The van der Waals surface area contributed by atoms with E-state index in [9.17, 15) is 0 Å². The molecule has 1 saturated heterocycles. The van der Waals surface area contributed by atoms with Crippen LogP contribution >= 0.6 is 0 Å². The van der Waals surface area contributed by atoms with E-state index in [1.165, 1.54) is 24.8 Å². The van der Waals surface area contributed by atoms with Crippen LogP contribution in [0.5, 0.6) is 0 Å². The molecule has 1 saturated carbocycles. The molecule has 5 nitrogen and oxygen atoms in total. The molecule has 19 heavy (non-hydrogen) atoms. The van der Waals surface area contributed by atoms with Crippen molar-refractivity contribution < 1.29 is 24.6 Å².